The summed E-state index contributed by atoms with van der Waals surface area (Å²) >= 11 is 0. The molecule has 1 amide bonds. The fourth-order valence-electron chi connectivity index (χ4n) is 0.517. The first-order chi connectivity index (χ1) is 5.29. The maximum atomic E-state index is 10.4. The number of carbonyl (C=O) groups is 1. The van der Waals surface area contributed by atoms with Gasteiger partial charge < -0.3 is 0 Å². The van der Waals surface area contributed by atoms with Crippen LogP contribution < -0.4 is 10.9 Å². The molecule has 11 heavy (non-hydrogen) atoms. The van der Waals surface area contributed by atoms with E-state index >= 15 is 0 Å². The summed E-state index contributed by atoms with van der Waals surface area (Å²) in [6.07, 6.45) is 2.97. The number of carbonyl (C=O) groups excluding carboxylic acids is 1. The molecule has 5 nitrogen and oxygen atoms in total. The van der Waals surface area contributed by atoms with Crippen molar-refractivity contribution in [1.29, 1.82) is 0 Å². The molecule has 0 saturated heterocycles. The van der Waals surface area contributed by atoms with Crippen molar-refractivity contribution in [2.45, 2.75) is 6.92 Å². The minimum atomic E-state index is -0.163. The van der Waals surface area contributed by atoms with Crippen LogP contribution in [0.4, 0.5) is 5.82 Å². The molecule has 0 radical (unpaired) electrons. The molecule has 2 N–H and O–H groups in total. The third-order valence-electron chi connectivity index (χ3n) is 0.949. The SMILES string of the molecule is CC(=O)NNc1ccncn1. The minimum absolute atomic E-state index is 0.163. The molecule has 0 aliphatic carbocycles. The number of anilines is 1. The summed E-state index contributed by atoms with van der Waals surface area (Å²) in [6, 6.07) is 1.65. The molecule has 0 aliphatic heterocycles. The lowest BCUT2D eigenvalue weighted by Crippen LogP contribution is -2.26. The van der Waals surface area contributed by atoms with Crippen LogP contribution in [0.1, 0.15) is 6.92 Å². The van der Waals surface area contributed by atoms with Gasteiger partial charge in [-0.1, -0.05) is 0 Å². The van der Waals surface area contributed by atoms with Gasteiger partial charge in [-0.25, -0.2) is 9.97 Å². The van der Waals surface area contributed by atoms with Crippen LogP contribution in [0.15, 0.2) is 18.6 Å². The predicted molar refractivity (Wildman–Crippen MR) is 39.5 cm³/mol. The molecular formula is C6H8N4O. The average molecular weight is 152 g/mol. The maximum Gasteiger partial charge on any atom is 0.235 e. The van der Waals surface area contributed by atoms with Crippen molar-refractivity contribution >= 4 is 11.7 Å². The Morgan fingerprint density at radius 1 is 1.64 bits per heavy atom. The molecule has 1 aromatic rings. The van der Waals surface area contributed by atoms with E-state index in [1.807, 2.05) is 0 Å². The van der Waals surface area contributed by atoms with Crippen molar-refractivity contribution in [3.05, 3.63) is 18.6 Å². The summed E-state index contributed by atoms with van der Waals surface area (Å²) in [5, 5.41) is 0. The van der Waals surface area contributed by atoms with Crippen LogP contribution in [0, 0.1) is 0 Å². The van der Waals surface area contributed by atoms with Crippen LogP contribution in [-0.4, -0.2) is 15.9 Å². The molecule has 1 heterocycles. The first-order valence-corrected chi connectivity index (χ1v) is 3.07. The molecule has 58 valence electrons. The molecule has 0 saturated carbocycles. The molecule has 0 fully saturated rings. The summed E-state index contributed by atoms with van der Waals surface area (Å²) in [4.78, 5) is 17.9. The Bertz CT molecular complexity index is 236. The zero-order valence-corrected chi connectivity index (χ0v) is 6.03. The zero-order chi connectivity index (χ0) is 8.10. The average Bonchev–Trinajstić information content (AvgIpc) is 2.03. The molecule has 1 rings (SSSR count). The molecule has 0 aliphatic rings. The van der Waals surface area contributed by atoms with Crippen LogP contribution in [0.25, 0.3) is 0 Å². The summed E-state index contributed by atoms with van der Waals surface area (Å²) in [5.41, 5.74) is 4.98. The first kappa shape index (κ1) is 7.46. The summed E-state index contributed by atoms with van der Waals surface area (Å²) in [5.74, 6) is 0.402. The Morgan fingerprint density at radius 2 is 2.45 bits per heavy atom. The van der Waals surface area contributed by atoms with Gasteiger partial charge in [-0.3, -0.25) is 15.6 Å². The van der Waals surface area contributed by atoms with E-state index in [2.05, 4.69) is 20.8 Å². The molecule has 5 heteroatoms. The second-order valence-corrected chi connectivity index (χ2v) is 1.90. The van der Waals surface area contributed by atoms with Gasteiger partial charge in [0.05, 0.1) is 0 Å². The summed E-state index contributed by atoms with van der Waals surface area (Å²) < 4.78 is 0. The lowest BCUT2D eigenvalue weighted by atomic mass is 10.6. The van der Waals surface area contributed by atoms with Gasteiger partial charge in [0.1, 0.15) is 12.1 Å². The van der Waals surface area contributed by atoms with Gasteiger partial charge in [0.2, 0.25) is 5.91 Å². The molecule has 0 unspecified atom stereocenters. The molecule has 0 atom stereocenters. The minimum Gasteiger partial charge on any atom is -0.282 e. The largest absolute Gasteiger partial charge is 0.282 e. The van der Waals surface area contributed by atoms with Gasteiger partial charge in [-0.2, -0.15) is 0 Å². The zero-order valence-electron chi connectivity index (χ0n) is 6.03. The normalized spacial score (nSPS) is 8.82. The van der Waals surface area contributed by atoms with E-state index < -0.39 is 0 Å². The predicted octanol–water partition coefficient (Wildman–Crippen LogP) is -0.0604. The second kappa shape index (κ2) is 3.50. The lowest BCUT2D eigenvalue weighted by Gasteiger charge is -2.02. The second-order valence-electron chi connectivity index (χ2n) is 1.90. The van der Waals surface area contributed by atoms with Crippen LogP contribution in [0.2, 0.25) is 0 Å². The van der Waals surface area contributed by atoms with Crippen LogP contribution in [0.3, 0.4) is 0 Å². The number of amides is 1. The van der Waals surface area contributed by atoms with Crippen molar-refractivity contribution in [3.8, 4) is 0 Å². The standard InChI is InChI=1S/C6H8N4O/c1-5(11)9-10-6-2-3-7-4-8-6/h2-4H,1H3,(H,9,11)(H,7,8,10). The summed E-state index contributed by atoms with van der Waals surface area (Å²) in [6.45, 7) is 1.41. The Hall–Kier alpha value is -1.65. The third kappa shape index (κ3) is 2.61. The van der Waals surface area contributed by atoms with Gasteiger partial charge in [0.15, 0.2) is 0 Å². The highest BCUT2D eigenvalue weighted by molar-refractivity contribution is 5.74. The highest BCUT2D eigenvalue weighted by Crippen LogP contribution is 1.93. The number of hydrazine groups is 1. The summed E-state index contributed by atoms with van der Waals surface area (Å²) in [7, 11) is 0. The van der Waals surface area contributed by atoms with E-state index in [4.69, 9.17) is 0 Å². The molecule has 0 bridgehead atoms. The van der Waals surface area contributed by atoms with Crippen LogP contribution in [0.5, 0.6) is 0 Å². The number of hydrogen-bond donors (Lipinski definition) is 2. The van der Waals surface area contributed by atoms with E-state index in [1.165, 1.54) is 13.3 Å². The van der Waals surface area contributed by atoms with Gasteiger partial charge in [-0.15, -0.1) is 0 Å². The maximum absolute atomic E-state index is 10.4. The number of hydrogen-bond acceptors (Lipinski definition) is 4. The quantitative estimate of drug-likeness (QED) is 0.582. The fourth-order valence-corrected chi connectivity index (χ4v) is 0.517. The van der Waals surface area contributed by atoms with Crippen LogP contribution in [-0.2, 0) is 4.79 Å². The van der Waals surface area contributed by atoms with Crippen LogP contribution >= 0.6 is 0 Å². The monoisotopic (exact) mass is 152 g/mol. The van der Waals surface area contributed by atoms with E-state index in [0.29, 0.717) is 5.82 Å². The molecule has 0 aromatic carbocycles. The van der Waals surface area contributed by atoms with Gasteiger partial charge in [0.25, 0.3) is 0 Å². The topological polar surface area (TPSA) is 66.9 Å². The highest BCUT2D eigenvalue weighted by Gasteiger charge is 1.90. The fraction of sp³-hybridized carbons (Fsp3) is 0.167. The Labute approximate surface area is 63.8 Å². The van der Waals surface area contributed by atoms with Crippen molar-refractivity contribution in [1.82, 2.24) is 15.4 Å². The number of nitrogens with one attached hydrogen (secondary N) is 2. The van der Waals surface area contributed by atoms with Gasteiger partial charge >= 0.3 is 0 Å². The van der Waals surface area contributed by atoms with Crippen molar-refractivity contribution < 1.29 is 4.79 Å². The molecule has 0 spiro atoms. The van der Waals surface area contributed by atoms with E-state index in [1.54, 1.807) is 12.3 Å². The van der Waals surface area contributed by atoms with Gasteiger partial charge in [0, 0.05) is 19.2 Å². The van der Waals surface area contributed by atoms with Crippen molar-refractivity contribution in [2.75, 3.05) is 5.43 Å². The lowest BCUT2D eigenvalue weighted by molar-refractivity contribution is -0.118. The number of nitrogens with zero attached hydrogens (tertiary/aromatic N) is 2. The number of rotatable bonds is 2. The Kier molecular flexibility index (Phi) is 2.37. The van der Waals surface area contributed by atoms with E-state index in [0.717, 1.165) is 0 Å². The first-order valence-electron chi connectivity index (χ1n) is 3.07. The van der Waals surface area contributed by atoms with Crippen molar-refractivity contribution in [3.63, 3.8) is 0 Å². The highest BCUT2D eigenvalue weighted by atomic mass is 16.2. The number of aromatic nitrogens is 2. The van der Waals surface area contributed by atoms with Gasteiger partial charge in [-0.05, 0) is 0 Å². The molecule has 1 aromatic heterocycles. The van der Waals surface area contributed by atoms with E-state index in [9.17, 15) is 4.79 Å². The Morgan fingerprint density at radius 3 is 3.00 bits per heavy atom. The smallest absolute Gasteiger partial charge is 0.235 e. The molecular weight excluding hydrogens is 144 g/mol. The van der Waals surface area contributed by atoms with E-state index in [-0.39, 0.29) is 5.91 Å². The van der Waals surface area contributed by atoms with Crippen molar-refractivity contribution in [2.24, 2.45) is 0 Å². The Balaban J connectivity index is 2.45. The third-order valence-corrected chi connectivity index (χ3v) is 0.949.